The highest BCUT2D eigenvalue weighted by Gasteiger charge is 2.24. The standard InChI is InChI=1S/C20H21N3O4/c1-14(24)21-16-3-2-4-17(12-16)22-7-9-23(10-8-22)20(25)15-5-6-18-19(11-15)27-13-26-18/h2-6,11-12H,7-10,13H2,1H3,(H,21,24). The Labute approximate surface area is 157 Å². The van der Waals surface area contributed by atoms with Crippen LogP contribution in [0.1, 0.15) is 17.3 Å². The molecule has 2 amide bonds. The molecule has 2 aliphatic rings. The number of carbonyl (C=O) groups excluding carboxylic acids is 2. The molecule has 2 aromatic rings. The Kier molecular flexibility index (Phi) is 4.58. The van der Waals surface area contributed by atoms with Gasteiger partial charge in [0.25, 0.3) is 5.91 Å². The van der Waals surface area contributed by atoms with Crippen LogP contribution in [0, 0.1) is 0 Å². The van der Waals surface area contributed by atoms with Crippen LogP contribution >= 0.6 is 0 Å². The Hall–Kier alpha value is -3.22. The average Bonchev–Trinajstić information content (AvgIpc) is 3.15. The summed E-state index contributed by atoms with van der Waals surface area (Å²) in [4.78, 5) is 28.1. The summed E-state index contributed by atoms with van der Waals surface area (Å²) in [6, 6.07) is 13.1. The summed E-state index contributed by atoms with van der Waals surface area (Å²) >= 11 is 0. The third kappa shape index (κ3) is 3.67. The molecule has 4 rings (SSSR count). The van der Waals surface area contributed by atoms with E-state index < -0.39 is 0 Å². The molecule has 0 bridgehead atoms. The van der Waals surface area contributed by atoms with Crippen LogP contribution in [-0.4, -0.2) is 49.7 Å². The van der Waals surface area contributed by atoms with Gasteiger partial charge in [0.05, 0.1) is 0 Å². The lowest BCUT2D eigenvalue weighted by atomic mass is 10.1. The summed E-state index contributed by atoms with van der Waals surface area (Å²) in [7, 11) is 0. The van der Waals surface area contributed by atoms with Gasteiger partial charge in [-0.15, -0.1) is 0 Å². The zero-order valence-corrected chi connectivity index (χ0v) is 15.1. The molecule has 0 radical (unpaired) electrons. The van der Waals surface area contributed by atoms with Crippen LogP contribution in [0.15, 0.2) is 42.5 Å². The SMILES string of the molecule is CC(=O)Nc1cccc(N2CCN(C(=O)c3ccc4c(c3)OCO4)CC2)c1. The van der Waals surface area contributed by atoms with Gasteiger partial charge >= 0.3 is 0 Å². The summed E-state index contributed by atoms with van der Waals surface area (Å²) in [6.07, 6.45) is 0. The zero-order chi connectivity index (χ0) is 18.8. The number of rotatable bonds is 3. The first-order valence-electron chi connectivity index (χ1n) is 8.92. The number of ether oxygens (including phenoxy) is 2. The number of piperazine rings is 1. The molecule has 1 saturated heterocycles. The second-order valence-corrected chi connectivity index (χ2v) is 6.58. The van der Waals surface area contributed by atoms with Gasteiger partial charge < -0.3 is 24.6 Å². The number of nitrogens with zero attached hydrogens (tertiary/aromatic N) is 2. The molecule has 2 aliphatic heterocycles. The minimum atomic E-state index is -0.0914. The minimum absolute atomic E-state index is 0.0000490. The van der Waals surface area contributed by atoms with Gasteiger partial charge in [-0.2, -0.15) is 0 Å². The fraction of sp³-hybridized carbons (Fsp3) is 0.300. The van der Waals surface area contributed by atoms with Crippen LogP contribution in [0.2, 0.25) is 0 Å². The summed E-state index contributed by atoms with van der Waals surface area (Å²) in [5, 5.41) is 2.80. The number of amides is 2. The van der Waals surface area contributed by atoms with Gasteiger partial charge in [0, 0.05) is 50.0 Å². The Morgan fingerprint density at radius 2 is 1.74 bits per heavy atom. The predicted molar refractivity (Wildman–Crippen MR) is 101 cm³/mol. The van der Waals surface area contributed by atoms with E-state index in [0.29, 0.717) is 30.2 Å². The highest BCUT2D eigenvalue weighted by atomic mass is 16.7. The van der Waals surface area contributed by atoms with Gasteiger partial charge in [-0.3, -0.25) is 9.59 Å². The maximum Gasteiger partial charge on any atom is 0.254 e. The smallest absolute Gasteiger partial charge is 0.254 e. The van der Waals surface area contributed by atoms with Crippen LogP contribution < -0.4 is 19.7 Å². The molecule has 0 saturated carbocycles. The second-order valence-electron chi connectivity index (χ2n) is 6.58. The molecule has 27 heavy (non-hydrogen) atoms. The number of carbonyl (C=O) groups is 2. The molecule has 0 aromatic heterocycles. The van der Waals surface area contributed by atoms with Crippen LogP contribution in [0.5, 0.6) is 11.5 Å². The lowest BCUT2D eigenvalue weighted by Crippen LogP contribution is -2.48. The Morgan fingerprint density at radius 3 is 2.52 bits per heavy atom. The van der Waals surface area contributed by atoms with E-state index in [4.69, 9.17) is 9.47 Å². The van der Waals surface area contributed by atoms with Crippen molar-refractivity contribution in [2.45, 2.75) is 6.92 Å². The molecule has 1 fully saturated rings. The lowest BCUT2D eigenvalue weighted by molar-refractivity contribution is -0.114. The van der Waals surface area contributed by atoms with Crippen molar-refractivity contribution in [2.24, 2.45) is 0 Å². The molecule has 2 aromatic carbocycles. The molecular weight excluding hydrogens is 346 g/mol. The van der Waals surface area contributed by atoms with Crippen molar-refractivity contribution < 1.29 is 19.1 Å². The Morgan fingerprint density at radius 1 is 0.963 bits per heavy atom. The molecule has 0 spiro atoms. The first-order chi connectivity index (χ1) is 13.1. The summed E-state index contributed by atoms with van der Waals surface area (Å²) in [6.45, 7) is 4.44. The first-order valence-corrected chi connectivity index (χ1v) is 8.92. The fourth-order valence-electron chi connectivity index (χ4n) is 3.36. The number of benzene rings is 2. The number of anilines is 2. The van der Waals surface area contributed by atoms with Gasteiger partial charge in [0.2, 0.25) is 12.7 Å². The maximum absolute atomic E-state index is 12.8. The largest absolute Gasteiger partial charge is 0.454 e. The minimum Gasteiger partial charge on any atom is -0.454 e. The van der Waals surface area contributed by atoms with Crippen LogP contribution in [0.4, 0.5) is 11.4 Å². The van der Waals surface area contributed by atoms with Gasteiger partial charge in [0.15, 0.2) is 11.5 Å². The predicted octanol–water partition coefficient (Wildman–Crippen LogP) is 2.34. The maximum atomic E-state index is 12.8. The topological polar surface area (TPSA) is 71.1 Å². The van der Waals surface area contributed by atoms with Gasteiger partial charge in [0.1, 0.15) is 0 Å². The monoisotopic (exact) mass is 367 g/mol. The van der Waals surface area contributed by atoms with E-state index in [0.717, 1.165) is 24.5 Å². The Balaban J connectivity index is 1.40. The summed E-state index contributed by atoms with van der Waals surface area (Å²) < 4.78 is 10.7. The molecule has 7 nitrogen and oxygen atoms in total. The Bertz CT molecular complexity index is 875. The molecule has 140 valence electrons. The van der Waals surface area contributed by atoms with Gasteiger partial charge in [-0.1, -0.05) is 6.07 Å². The third-order valence-corrected chi connectivity index (χ3v) is 4.72. The normalized spacial score (nSPS) is 15.6. The van der Waals surface area contributed by atoms with E-state index in [-0.39, 0.29) is 18.6 Å². The van der Waals surface area contributed by atoms with Crippen LogP contribution in [-0.2, 0) is 4.79 Å². The summed E-state index contributed by atoms with van der Waals surface area (Å²) in [5.41, 5.74) is 2.43. The third-order valence-electron chi connectivity index (χ3n) is 4.72. The van der Waals surface area contributed by atoms with Crippen LogP contribution in [0.25, 0.3) is 0 Å². The van der Waals surface area contributed by atoms with E-state index in [9.17, 15) is 9.59 Å². The fourth-order valence-corrected chi connectivity index (χ4v) is 3.36. The van der Waals surface area contributed by atoms with Crippen LogP contribution in [0.3, 0.4) is 0 Å². The molecular formula is C20H21N3O4. The highest BCUT2D eigenvalue weighted by molar-refractivity contribution is 5.95. The number of nitrogens with one attached hydrogen (secondary N) is 1. The van der Waals surface area contributed by atoms with E-state index in [1.165, 1.54) is 6.92 Å². The highest BCUT2D eigenvalue weighted by Crippen LogP contribution is 2.33. The molecule has 0 unspecified atom stereocenters. The van der Waals surface area contributed by atoms with Crippen molar-refractivity contribution in [1.82, 2.24) is 4.90 Å². The second kappa shape index (κ2) is 7.19. The molecule has 2 heterocycles. The van der Waals surface area contributed by atoms with E-state index in [2.05, 4.69) is 10.2 Å². The van der Waals surface area contributed by atoms with Gasteiger partial charge in [-0.05, 0) is 36.4 Å². The molecule has 7 heteroatoms. The first kappa shape index (κ1) is 17.2. The average molecular weight is 367 g/mol. The number of hydrogen-bond donors (Lipinski definition) is 1. The number of hydrogen-bond acceptors (Lipinski definition) is 5. The summed E-state index contributed by atoms with van der Waals surface area (Å²) in [5.74, 6) is 1.20. The molecule has 1 N–H and O–H groups in total. The van der Waals surface area contributed by atoms with Crippen molar-refractivity contribution in [2.75, 3.05) is 43.2 Å². The van der Waals surface area contributed by atoms with E-state index in [1.54, 1.807) is 18.2 Å². The quantitative estimate of drug-likeness (QED) is 0.902. The van der Waals surface area contributed by atoms with E-state index in [1.807, 2.05) is 29.2 Å². The van der Waals surface area contributed by atoms with Crippen molar-refractivity contribution in [1.29, 1.82) is 0 Å². The lowest BCUT2D eigenvalue weighted by Gasteiger charge is -2.36. The van der Waals surface area contributed by atoms with Crippen molar-refractivity contribution in [3.05, 3.63) is 48.0 Å². The zero-order valence-electron chi connectivity index (χ0n) is 15.1. The molecule has 0 atom stereocenters. The molecule has 0 aliphatic carbocycles. The van der Waals surface area contributed by atoms with Crippen molar-refractivity contribution in [3.8, 4) is 11.5 Å². The number of fused-ring (bicyclic) bond motifs is 1. The van der Waals surface area contributed by atoms with Crippen molar-refractivity contribution in [3.63, 3.8) is 0 Å². The van der Waals surface area contributed by atoms with Gasteiger partial charge in [-0.25, -0.2) is 0 Å². The van der Waals surface area contributed by atoms with Crippen molar-refractivity contribution >= 4 is 23.2 Å². The van der Waals surface area contributed by atoms with E-state index >= 15 is 0 Å².